The van der Waals surface area contributed by atoms with Crippen LogP contribution in [0.5, 0.6) is 17.2 Å². The highest BCUT2D eigenvalue weighted by Crippen LogP contribution is 2.37. The van der Waals surface area contributed by atoms with Gasteiger partial charge in [-0.3, -0.25) is 9.59 Å². The topological polar surface area (TPSA) is 85.9 Å². The number of nitrogens with one attached hydrogen (secondary N) is 2. The van der Waals surface area contributed by atoms with Crippen LogP contribution in [-0.2, 0) is 17.6 Å². The van der Waals surface area contributed by atoms with Crippen LogP contribution >= 0.6 is 0 Å². The molecule has 2 N–H and O–H groups in total. The summed E-state index contributed by atoms with van der Waals surface area (Å²) in [5.41, 5.74) is 4.05. The quantitative estimate of drug-likeness (QED) is 0.386. The summed E-state index contributed by atoms with van der Waals surface area (Å²) in [6.07, 6.45) is 2.56. The monoisotopic (exact) mass is 488 g/mol. The smallest absolute Gasteiger partial charge is 0.265 e. The molecule has 0 bridgehead atoms. The van der Waals surface area contributed by atoms with Crippen LogP contribution in [0.2, 0.25) is 0 Å². The van der Waals surface area contributed by atoms with Gasteiger partial charge in [0.05, 0.1) is 24.6 Å². The molecule has 0 saturated carbocycles. The van der Waals surface area contributed by atoms with Crippen molar-refractivity contribution in [1.29, 1.82) is 0 Å². The van der Waals surface area contributed by atoms with E-state index in [-0.39, 0.29) is 11.8 Å². The molecule has 1 unspecified atom stereocenters. The summed E-state index contributed by atoms with van der Waals surface area (Å²) < 4.78 is 17.5. The highest BCUT2D eigenvalue weighted by Gasteiger charge is 2.21. The van der Waals surface area contributed by atoms with Crippen LogP contribution in [0.25, 0.3) is 0 Å². The minimum Gasteiger partial charge on any atom is -0.492 e. The molecule has 188 valence electrons. The van der Waals surface area contributed by atoms with E-state index in [0.717, 1.165) is 19.3 Å². The molecule has 0 aromatic heterocycles. The van der Waals surface area contributed by atoms with Crippen molar-refractivity contribution in [2.45, 2.75) is 46.1 Å². The number of amides is 2. The zero-order valence-corrected chi connectivity index (χ0v) is 20.9. The first kappa shape index (κ1) is 25.1. The molecule has 0 aliphatic heterocycles. The van der Waals surface area contributed by atoms with Crippen molar-refractivity contribution in [2.75, 3.05) is 23.8 Å². The lowest BCUT2D eigenvalue weighted by Gasteiger charge is -2.20. The summed E-state index contributed by atoms with van der Waals surface area (Å²) in [6.45, 7) is 6.17. The number of aryl methyl sites for hydroxylation is 2. The van der Waals surface area contributed by atoms with Crippen LogP contribution in [0.3, 0.4) is 0 Å². The standard InChI is InChI=1S/C29H32N2O5/c1-4-34-26-18-25(31-29(33)21-10-7-6-8-11-21)27(35-5-2)17-24(26)30-28(32)19(3)36-23-15-14-20-12-9-13-22(20)16-23/h6-8,10-11,14-19H,4-5,9,12-13H2,1-3H3,(H,30,32)(H,31,33). The second kappa shape index (κ2) is 11.6. The van der Waals surface area contributed by atoms with Crippen molar-refractivity contribution in [3.05, 3.63) is 77.4 Å². The Hall–Kier alpha value is -4.00. The maximum atomic E-state index is 13.0. The van der Waals surface area contributed by atoms with Crippen molar-refractivity contribution in [2.24, 2.45) is 0 Å². The van der Waals surface area contributed by atoms with Gasteiger partial charge in [0.25, 0.3) is 11.8 Å². The number of hydrogen-bond acceptors (Lipinski definition) is 5. The fourth-order valence-corrected chi connectivity index (χ4v) is 4.20. The summed E-state index contributed by atoms with van der Waals surface area (Å²) in [6, 6.07) is 18.3. The summed E-state index contributed by atoms with van der Waals surface area (Å²) in [7, 11) is 0. The van der Waals surface area contributed by atoms with Gasteiger partial charge in [-0.2, -0.15) is 0 Å². The van der Waals surface area contributed by atoms with E-state index < -0.39 is 6.10 Å². The largest absolute Gasteiger partial charge is 0.492 e. The minimum atomic E-state index is -0.730. The molecule has 3 aromatic carbocycles. The Labute approximate surface area is 211 Å². The summed E-state index contributed by atoms with van der Waals surface area (Å²) >= 11 is 0. The fraction of sp³-hybridized carbons (Fsp3) is 0.310. The molecule has 4 rings (SSSR count). The van der Waals surface area contributed by atoms with E-state index in [1.807, 2.05) is 32.0 Å². The zero-order chi connectivity index (χ0) is 25.5. The van der Waals surface area contributed by atoms with E-state index >= 15 is 0 Å². The number of rotatable bonds is 10. The van der Waals surface area contributed by atoms with Crippen molar-refractivity contribution < 1.29 is 23.8 Å². The van der Waals surface area contributed by atoms with Gasteiger partial charge in [0.1, 0.15) is 17.2 Å². The molecule has 0 heterocycles. The average molecular weight is 489 g/mol. The number of anilines is 2. The van der Waals surface area contributed by atoms with Gasteiger partial charge in [-0.15, -0.1) is 0 Å². The number of carbonyl (C=O) groups excluding carboxylic acids is 2. The van der Waals surface area contributed by atoms with Gasteiger partial charge in [0.15, 0.2) is 6.10 Å². The van der Waals surface area contributed by atoms with E-state index in [9.17, 15) is 9.59 Å². The zero-order valence-electron chi connectivity index (χ0n) is 20.9. The first-order valence-electron chi connectivity index (χ1n) is 12.4. The maximum absolute atomic E-state index is 13.0. The highest BCUT2D eigenvalue weighted by molar-refractivity contribution is 6.05. The van der Waals surface area contributed by atoms with Crippen LogP contribution in [0.15, 0.2) is 60.7 Å². The third kappa shape index (κ3) is 5.97. The predicted octanol–water partition coefficient (Wildman–Crippen LogP) is 5.63. The highest BCUT2D eigenvalue weighted by atomic mass is 16.5. The lowest BCUT2D eigenvalue weighted by Crippen LogP contribution is -2.30. The fourth-order valence-electron chi connectivity index (χ4n) is 4.20. The molecule has 3 aromatic rings. The molecule has 1 aliphatic carbocycles. The van der Waals surface area contributed by atoms with E-state index in [1.54, 1.807) is 43.3 Å². The van der Waals surface area contributed by atoms with E-state index in [2.05, 4.69) is 16.7 Å². The van der Waals surface area contributed by atoms with Gasteiger partial charge in [0, 0.05) is 17.7 Å². The van der Waals surface area contributed by atoms with Crippen molar-refractivity contribution in [1.82, 2.24) is 0 Å². The normalized spacial score (nSPS) is 12.9. The molecule has 0 fully saturated rings. The van der Waals surface area contributed by atoms with Gasteiger partial charge in [-0.05, 0) is 75.4 Å². The Bertz CT molecular complexity index is 1230. The molecular weight excluding hydrogens is 456 g/mol. The van der Waals surface area contributed by atoms with Crippen LogP contribution in [0, 0.1) is 0 Å². The molecule has 0 saturated heterocycles. The number of benzene rings is 3. The molecular formula is C29H32N2O5. The Morgan fingerprint density at radius 2 is 1.47 bits per heavy atom. The third-order valence-electron chi connectivity index (χ3n) is 5.98. The van der Waals surface area contributed by atoms with Crippen molar-refractivity contribution >= 4 is 23.2 Å². The summed E-state index contributed by atoms with van der Waals surface area (Å²) in [4.78, 5) is 25.8. The van der Waals surface area contributed by atoms with Crippen molar-refractivity contribution in [3.8, 4) is 17.2 Å². The molecule has 7 heteroatoms. The van der Waals surface area contributed by atoms with Gasteiger partial charge in [-0.1, -0.05) is 24.3 Å². The van der Waals surface area contributed by atoms with Crippen LogP contribution in [-0.4, -0.2) is 31.1 Å². The second-order valence-electron chi connectivity index (χ2n) is 8.56. The summed E-state index contributed by atoms with van der Waals surface area (Å²) in [5, 5.41) is 5.78. The molecule has 36 heavy (non-hydrogen) atoms. The summed E-state index contributed by atoms with van der Waals surface area (Å²) in [5.74, 6) is 0.930. The molecule has 0 radical (unpaired) electrons. The number of ether oxygens (including phenoxy) is 3. The van der Waals surface area contributed by atoms with Gasteiger partial charge < -0.3 is 24.8 Å². The van der Waals surface area contributed by atoms with Crippen LogP contribution < -0.4 is 24.8 Å². The SMILES string of the molecule is CCOc1cc(NC(=O)C(C)Oc2ccc3c(c2)CCC3)c(OCC)cc1NC(=O)c1ccccc1. The van der Waals surface area contributed by atoms with Crippen molar-refractivity contribution in [3.63, 3.8) is 0 Å². The lowest BCUT2D eigenvalue weighted by molar-refractivity contribution is -0.122. The van der Waals surface area contributed by atoms with Gasteiger partial charge in [0.2, 0.25) is 0 Å². The van der Waals surface area contributed by atoms with Crippen LogP contribution in [0.4, 0.5) is 11.4 Å². The molecule has 0 spiro atoms. The Morgan fingerprint density at radius 3 is 2.14 bits per heavy atom. The molecule has 1 aliphatic rings. The van der Waals surface area contributed by atoms with Gasteiger partial charge in [-0.25, -0.2) is 0 Å². The predicted molar refractivity (Wildman–Crippen MR) is 140 cm³/mol. The Kier molecular flexibility index (Phi) is 8.10. The van der Waals surface area contributed by atoms with E-state index in [1.165, 1.54) is 11.1 Å². The average Bonchev–Trinajstić information content (AvgIpc) is 3.35. The molecule has 2 amide bonds. The third-order valence-corrected chi connectivity index (χ3v) is 5.98. The first-order chi connectivity index (χ1) is 17.5. The number of fused-ring (bicyclic) bond motifs is 1. The first-order valence-corrected chi connectivity index (χ1v) is 12.4. The number of hydrogen-bond donors (Lipinski definition) is 2. The van der Waals surface area contributed by atoms with Gasteiger partial charge >= 0.3 is 0 Å². The number of carbonyl (C=O) groups is 2. The lowest BCUT2D eigenvalue weighted by atomic mass is 10.1. The Balaban J connectivity index is 1.53. The van der Waals surface area contributed by atoms with E-state index in [4.69, 9.17) is 14.2 Å². The second-order valence-corrected chi connectivity index (χ2v) is 8.56. The maximum Gasteiger partial charge on any atom is 0.265 e. The van der Waals surface area contributed by atoms with E-state index in [0.29, 0.717) is 47.4 Å². The van der Waals surface area contributed by atoms with Crippen LogP contribution in [0.1, 0.15) is 48.7 Å². The minimum absolute atomic E-state index is 0.271. The Morgan fingerprint density at radius 1 is 0.833 bits per heavy atom. The molecule has 1 atom stereocenters. The molecule has 7 nitrogen and oxygen atoms in total.